The third kappa shape index (κ3) is 3.52. The second kappa shape index (κ2) is 6.72. The number of rotatable bonds is 4. The van der Waals surface area contributed by atoms with Crippen LogP contribution in [0.15, 0.2) is 59.2 Å². The summed E-state index contributed by atoms with van der Waals surface area (Å²) in [4.78, 5) is 0. The molecule has 0 bridgehead atoms. The van der Waals surface area contributed by atoms with Gasteiger partial charge in [0.2, 0.25) is 0 Å². The Bertz CT molecular complexity index is 780. The first kappa shape index (κ1) is 14.7. The van der Waals surface area contributed by atoms with Crippen LogP contribution < -0.4 is 5.32 Å². The zero-order valence-electron chi connectivity index (χ0n) is 11.3. The zero-order chi connectivity index (χ0) is 15.4. The van der Waals surface area contributed by atoms with Gasteiger partial charge in [0.25, 0.3) is 0 Å². The van der Waals surface area contributed by atoms with Crippen LogP contribution in [0.5, 0.6) is 0 Å². The quantitative estimate of drug-likeness (QED) is 0.743. The van der Waals surface area contributed by atoms with Crippen molar-refractivity contribution in [2.75, 3.05) is 5.32 Å². The molecule has 1 aromatic heterocycles. The highest BCUT2D eigenvalue weighted by Gasteiger charge is 2.04. The topological polar surface area (TPSA) is 55.6 Å². The molecule has 0 unspecified atom stereocenters. The standard InChI is InChI=1S/C15H11BrClN5/c16-11-1-5-13(6-2-11)18-10-9-15-19-20-21-22(15)14-7-3-12(17)4-8-14/h1-10,18H/b10-9-. The molecular formula is C15H11BrClN5. The number of tetrazole rings is 1. The lowest BCUT2D eigenvalue weighted by molar-refractivity contribution is 0.787. The molecule has 110 valence electrons. The van der Waals surface area contributed by atoms with Gasteiger partial charge in [-0.15, -0.1) is 5.10 Å². The first-order valence-corrected chi connectivity index (χ1v) is 7.62. The van der Waals surface area contributed by atoms with Crippen LogP contribution in [-0.2, 0) is 0 Å². The number of halogens is 2. The van der Waals surface area contributed by atoms with E-state index in [1.807, 2.05) is 36.4 Å². The Labute approximate surface area is 140 Å². The van der Waals surface area contributed by atoms with E-state index in [0.29, 0.717) is 10.8 Å². The van der Waals surface area contributed by atoms with Crippen LogP contribution >= 0.6 is 27.5 Å². The molecule has 2 aromatic carbocycles. The molecule has 0 amide bonds. The average Bonchev–Trinajstić information content (AvgIpc) is 2.98. The molecule has 0 radical (unpaired) electrons. The molecule has 0 fully saturated rings. The Morgan fingerprint density at radius 3 is 2.50 bits per heavy atom. The molecule has 0 spiro atoms. The highest BCUT2D eigenvalue weighted by atomic mass is 79.9. The first-order valence-electron chi connectivity index (χ1n) is 6.45. The van der Waals surface area contributed by atoms with Gasteiger partial charge < -0.3 is 5.32 Å². The predicted octanol–water partition coefficient (Wildman–Crippen LogP) is 4.16. The van der Waals surface area contributed by atoms with Gasteiger partial charge in [-0.1, -0.05) is 27.5 Å². The Morgan fingerprint density at radius 1 is 1.05 bits per heavy atom. The number of aromatic nitrogens is 4. The normalized spacial score (nSPS) is 11.0. The van der Waals surface area contributed by atoms with E-state index in [1.54, 1.807) is 29.1 Å². The van der Waals surface area contributed by atoms with Crippen molar-refractivity contribution in [2.24, 2.45) is 0 Å². The minimum atomic E-state index is 0.618. The van der Waals surface area contributed by atoms with Crippen LogP contribution in [0, 0.1) is 0 Å². The van der Waals surface area contributed by atoms with Gasteiger partial charge in [0.15, 0.2) is 5.82 Å². The van der Waals surface area contributed by atoms with E-state index < -0.39 is 0 Å². The Balaban J connectivity index is 1.76. The minimum Gasteiger partial charge on any atom is -0.362 e. The van der Waals surface area contributed by atoms with Crippen molar-refractivity contribution in [3.05, 3.63) is 70.1 Å². The van der Waals surface area contributed by atoms with Gasteiger partial charge in [0.05, 0.1) is 5.69 Å². The summed E-state index contributed by atoms with van der Waals surface area (Å²) < 4.78 is 2.67. The monoisotopic (exact) mass is 375 g/mol. The van der Waals surface area contributed by atoms with E-state index in [4.69, 9.17) is 11.6 Å². The fraction of sp³-hybridized carbons (Fsp3) is 0. The maximum atomic E-state index is 5.89. The molecule has 0 aliphatic rings. The van der Waals surface area contributed by atoms with Crippen LogP contribution in [-0.4, -0.2) is 20.2 Å². The van der Waals surface area contributed by atoms with Gasteiger partial charge in [-0.05, 0) is 59.0 Å². The Hall–Kier alpha value is -2.18. The summed E-state index contributed by atoms with van der Waals surface area (Å²) in [5.41, 5.74) is 1.82. The fourth-order valence-electron chi connectivity index (χ4n) is 1.82. The van der Waals surface area contributed by atoms with Crippen molar-refractivity contribution in [1.29, 1.82) is 0 Å². The Morgan fingerprint density at radius 2 is 1.77 bits per heavy atom. The summed E-state index contributed by atoms with van der Waals surface area (Å²) in [6.45, 7) is 0. The number of hydrogen-bond acceptors (Lipinski definition) is 4. The van der Waals surface area contributed by atoms with Gasteiger partial charge in [-0.3, -0.25) is 0 Å². The van der Waals surface area contributed by atoms with Gasteiger partial charge in [-0.25, -0.2) is 0 Å². The summed E-state index contributed by atoms with van der Waals surface area (Å²) in [6, 6.07) is 15.2. The number of anilines is 1. The number of hydrogen-bond donors (Lipinski definition) is 1. The SMILES string of the molecule is Clc1ccc(-n2nnnc2/C=C\Nc2ccc(Br)cc2)cc1. The summed E-state index contributed by atoms with van der Waals surface area (Å²) in [5.74, 6) is 0.618. The van der Waals surface area contributed by atoms with Crippen molar-refractivity contribution < 1.29 is 0 Å². The summed E-state index contributed by atoms with van der Waals surface area (Å²) in [6.07, 6.45) is 3.60. The van der Waals surface area contributed by atoms with Crippen LogP contribution in [0.4, 0.5) is 5.69 Å². The van der Waals surface area contributed by atoms with E-state index >= 15 is 0 Å². The molecule has 1 N–H and O–H groups in total. The van der Waals surface area contributed by atoms with Gasteiger partial charge >= 0.3 is 0 Å². The van der Waals surface area contributed by atoms with Gasteiger partial charge in [0.1, 0.15) is 0 Å². The van der Waals surface area contributed by atoms with Crippen LogP contribution in [0.1, 0.15) is 5.82 Å². The molecule has 0 atom stereocenters. The van der Waals surface area contributed by atoms with Crippen molar-refractivity contribution >= 4 is 39.3 Å². The maximum Gasteiger partial charge on any atom is 0.181 e. The molecule has 0 saturated carbocycles. The molecule has 7 heteroatoms. The lowest BCUT2D eigenvalue weighted by Crippen LogP contribution is -1.99. The van der Waals surface area contributed by atoms with Crippen molar-refractivity contribution in [1.82, 2.24) is 20.2 Å². The van der Waals surface area contributed by atoms with Crippen LogP contribution in [0.2, 0.25) is 5.02 Å². The second-order valence-corrected chi connectivity index (χ2v) is 5.76. The molecule has 0 saturated heterocycles. The lowest BCUT2D eigenvalue weighted by Gasteiger charge is -2.02. The largest absolute Gasteiger partial charge is 0.362 e. The molecule has 0 aliphatic heterocycles. The van der Waals surface area contributed by atoms with Crippen molar-refractivity contribution in [3.63, 3.8) is 0 Å². The molecule has 1 heterocycles. The smallest absolute Gasteiger partial charge is 0.181 e. The average molecular weight is 377 g/mol. The number of benzene rings is 2. The number of nitrogens with one attached hydrogen (secondary N) is 1. The van der Waals surface area contributed by atoms with Crippen LogP contribution in [0.25, 0.3) is 11.8 Å². The third-order valence-corrected chi connectivity index (χ3v) is 3.67. The molecule has 5 nitrogen and oxygen atoms in total. The number of nitrogens with zero attached hydrogens (tertiary/aromatic N) is 4. The van der Waals surface area contributed by atoms with E-state index in [9.17, 15) is 0 Å². The molecule has 3 aromatic rings. The molecule has 0 aliphatic carbocycles. The molecule has 3 rings (SSSR count). The van der Waals surface area contributed by atoms with Gasteiger partial charge in [0, 0.05) is 27.5 Å². The fourth-order valence-corrected chi connectivity index (χ4v) is 2.21. The van der Waals surface area contributed by atoms with Crippen molar-refractivity contribution in [2.45, 2.75) is 0 Å². The zero-order valence-corrected chi connectivity index (χ0v) is 13.7. The van der Waals surface area contributed by atoms with E-state index in [2.05, 4.69) is 36.8 Å². The lowest BCUT2D eigenvalue weighted by atomic mass is 10.3. The van der Waals surface area contributed by atoms with E-state index in [1.165, 1.54) is 0 Å². The second-order valence-electron chi connectivity index (χ2n) is 4.41. The first-order chi connectivity index (χ1) is 10.7. The molecular weight excluding hydrogens is 366 g/mol. The highest BCUT2D eigenvalue weighted by Crippen LogP contribution is 2.15. The predicted molar refractivity (Wildman–Crippen MR) is 91.0 cm³/mol. The minimum absolute atomic E-state index is 0.618. The van der Waals surface area contributed by atoms with E-state index in [0.717, 1.165) is 15.8 Å². The van der Waals surface area contributed by atoms with Crippen molar-refractivity contribution in [3.8, 4) is 5.69 Å². The highest BCUT2D eigenvalue weighted by molar-refractivity contribution is 9.10. The maximum absolute atomic E-state index is 5.89. The van der Waals surface area contributed by atoms with E-state index in [-0.39, 0.29) is 0 Å². The molecule has 22 heavy (non-hydrogen) atoms. The third-order valence-electron chi connectivity index (χ3n) is 2.89. The Kier molecular flexibility index (Phi) is 4.50. The summed E-state index contributed by atoms with van der Waals surface area (Å²) in [5, 5.41) is 15.5. The van der Waals surface area contributed by atoms with Gasteiger partial charge in [-0.2, -0.15) is 4.68 Å². The van der Waals surface area contributed by atoms with Crippen LogP contribution in [0.3, 0.4) is 0 Å². The summed E-state index contributed by atoms with van der Waals surface area (Å²) >= 11 is 9.29. The summed E-state index contributed by atoms with van der Waals surface area (Å²) in [7, 11) is 0.